The van der Waals surface area contributed by atoms with E-state index in [4.69, 9.17) is 5.73 Å². The summed E-state index contributed by atoms with van der Waals surface area (Å²) >= 11 is 0. The summed E-state index contributed by atoms with van der Waals surface area (Å²) in [5.41, 5.74) is 11.0. The molecule has 2 aromatic carbocycles. The molecular weight excluding hydrogens is 505 g/mol. The van der Waals surface area contributed by atoms with Gasteiger partial charge in [-0.15, -0.1) is 0 Å². The quantitative estimate of drug-likeness (QED) is 0.214. The fourth-order valence-corrected chi connectivity index (χ4v) is 3.56. The van der Waals surface area contributed by atoms with Gasteiger partial charge in [0.05, 0.1) is 11.4 Å². The van der Waals surface area contributed by atoms with E-state index in [-0.39, 0.29) is 11.9 Å². The SMILES string of the molecule is C=C(C)N=C(/C=C\C)/C(C)=C(/N=C(C)C)c1ccccc1F.CC.CC(N)c1ccccc1.CCCCCCCC. The van der Waals surface area contributed by atoms with Crippen LogP contribution in [-0.4, -0.2) is 11.4 Å². The van der Waals surface area contributed by atoms with Gasteiger partial charge in [0.1, 0.15) is 5.82 Å². The zero-order valence-corrected chi connectivity index (χ0v) is 27.7. The summed E-state index contributed by atoms with van der Waals surface area (Å²) in [5, 5.41) is 0. The highest BCUT2D eigenvalue weighted by molar-refractivity contribution is 6.13. The topological polar surface area (TPSA) is 50.7 Å². The molecule has 228 valence electrons. The predicted molar refractivity (Wildman–Crippen MR) is 184 cm³/mol. The summed E-state index contributed by atoms with van der Waals surface area (Å²) in [6.45, 7) is 23.7. The molecule has 0 aromatic heterocycles. The normalized spacial score (nSPS) is 12.0. The van der Waals surface area contributed by atoms with Crippen molar-refractivity contribution in [2.45, 2.75) is 114 Å². The number of aliphatic imine (C=N–C) groups is 2. The maximum absolute atomic E-state index is 14.2. The van der Waals surface area contributed by atoms with Crippen LogP contribution in [0.4, 0.5) is 4.39 Å². The van der Waals surface area contributed by atoms with Crippen LogP contribution in [0.3, 0.4) is 0 Å². The summed E-state index contributed by atoms with van der Waals surface area (Å²) in [6.07, 6.45) is 12.3. The highest BCUT2D eigenvalue weighted by atomic mass is 19.1. The summed E-state index contributed by atoms with van der Waals surface area (Å²) in [6, 6.07) is 16.9. The summed E-state index contributed by atoms with van der Waals surface area (Å²) in [5.74, 6) is -0.294. The van der Waals surface area contributed by atoms with Gasteiger partial charge in [-0.1, -0.05) is 121 Å². The van der Waals surface area contributed by atoms with Gasteiger partial charge in [-0.3, -0.25) is 9.98 Å². The molecule has 2 N–H and O–H groups in total. The Labute approximate surface area is 252 Å². The van der Waals surface area contributed by atoms with Crippen molar-refractivity contribution >= 4 is 17.1 Å². The molecular formula is C37H58FN3. The Kier molecular flexibility index (Phi) is 25.2. The lowest BCUT2D eigenvalue weighted by Crippen LogP contribution is -2.03. The van der Waals surface area contributed by atoms with E-state index in [1.54, 1.807) is 18.2 Å². The van der Waals surface area contributed by atoms with Crippen molar-refractivity contribution < 1.29 is 4.39 Å². The number of unbranched alkanes of at least 4 members (excludes halogenated alkanes) is 5. The molecule has 0 saturated heterocycles. The number of rotatable bonds is 11. The fourth-order valence-electron chi connectivity index (χ4n) is 3.56. The average Bonchev–Trinajstić information content (AvgIpc) is 2.96. The van der Waals surface area contributed by atoms with Crippen LogP contribution in [-0.2, 0) is 0 Å². The minimum Gasteiger partial charge on any atom is -0.324 e. The van der Waals surface area contributed by atoms with Gasteiger partial charge >= 0.3 is 0 Å². The van der Waals surface area contributed by atoms with E-state index >= 15 is 0 Å². The van der Waals surface area contributed by atoms with Crippen molar-refractivity contribution in [2.75, 3.05) is 0 Å². The van der Waals surface area contributed by atoms with Gasteiger partial charge in [-0.05, 0) is 65.3 Å². The number of nitrogens with zero attached hydrogens (tertiary/aromatic N) is 2. The molecule has 41 heavy (non-hydrogen) atoms. The molecule has 0 fully saturated rings. The largest absolute Gasteiger partial charge is 0.324 e. The van der Waals surface area contributed by atoms with Gasteiger partial charge < -0.3 is 5.73 Å². The van der Waals surface area contributed by atoms with Crippen molar-refractivity contribution in [1.29, 1.82) is 0 Å². The molecule has 0 heterocycles. The lowest BCUT2D eigenvalue weighted by atomic mass is 10.0. The van der Waals surface area contributed by atoms with E-state index in [0.717, 1.165) is 17.0 Å². The molecule has 0 aliphatic heterocycles. The van der Waals surface area contributed by atoms with Gasteiger partial charge in [0.25, 0.3) is 0 Å². The highest BCUT2D eigenvalue weighted by Crippen LogP contribution is 2.25. The molecule has 3 nitrogen and oxygen atoms in total. The van der Waals surface area contributed by atoms with Crippen LogP contribution in [0.5, 0.6) is 0 Å². The molecule has 0 amide bonds. The van der Waals surface area contributed by atoms with E-state index < -0.39 is 0 Å². The first-order chi connectivity index (χ1) is 19.6. The Morgan fingerprint density at radius 2 is 1.37 bits per heavy atom. The highest BCUT2D eigenvalue weighted by Gasteiger charge is 2.13. The third-order valence-corrected chi connectivity index (χ3v) is 5.62. The van der Waals surface area contributed by atoms with E-state index in [0.29, 0.717) is 17.0 Å². The second-order valence-corrected chi connectivity index (χ2v) is 9.86. The average molecular weight is 564 g/mol. The minimum atomic E-state index is -0.294. The van der Waals surface area contributed by atoms with Crippen LogP contribution in [0.1, 0.15) is 125 Å². The minimum absolute atomic E-state index is 0.159. The van der Waals surface area contributed by atoms with Gasteiger partial charge in [-0.25, -0.2) is 4.39 Å². The second kappa shape index (κ2) is 25.8. The Balaban J connectivity index is 0. The molecule has 0 spiro atoms. The van der Waals surface area contributed by atoms with Crippen molar-refractivity contribution in [1.82, 2.24) is 0 Å². The van der Waals surface area contributed by atoms with Crippen LogP contribution in [0.15, 0.2) is 94.6 Å². The zero-order valence-electron chi connectivity index (χ0n) is 27.7. The van der Waals surface area contributed by atoms with Gasteiger partial charge in [0.2, 0.25) is 0 Å². The first-order valence-electron chi connectivity index (χ1n) is 15.2. The number of hydrogen-bond acceptors (Lipinski definition) is 3. The fraction of sp³-hybridized carbons (Fsp3) is 0.459. The number of allylic oxidation sites excluding steroid dienone is 4. The monoisotopic (exact) mass is 563 g/mol. The molecule has 2 aromatic rings. The van der Waals surface area contributed by atoms with Crippen LogP contribution >= 0.6 is 0 Å². The molecule has 0 aliphatic rings. The summed E-state index contributed by atoms with van der Waals surface area (Å²) in [4.78, 5) is 8.97. The maximum atomic E-state index is 14.2. The van der Waals surface area contributed by atoms with E-state index in [2.05, 4.69) is 30.4 Å². The summed E-state index contributed by atoms with van der Waals surface area (Å²) < 4.78 is 14.2. The Morgan fingerprint density at radius 3 is 1.76 bits per heavy atom. The van der Waals surface area contributed by atoms with Crippen LogP contribution in [0, 0.1) is 5.82 Å². The van der Waals surface area contributed by atoms with E-state index in [1.807, 2.05) is 97.9 Å². The number of hydrogen-bond donors (Lipinski definition) is 1. The second-order valence-electron chi connectivity index (χ2n) is 9.86. The van der Waals surface area contributed by atoms with E-state index in [1.165, 1.54) is 50.2 Å². The number of halogens is 1. The smallest absolute Gasteiger partial charge is 0.132 e. The van der Waals surface area contributed by atoms with E-state index in [9.17, 15) is 4.39 Å². The third-order valence-electron chi connectivity index (χ3n) is 5.62. The molecule has 2 rings (SSSR count). The van der Waals surface area contributed by atoms with Gasteiger partial charge in [0, 0.05) is 28.6 Å². The molecule has 0 radical (unpaired) electrons. The molecule has 1 atom stereocenters. The number of nitrogens with two attached hydrogens (primary N) is 1. The maximum Gasteiger partial charge on any atom is 0.132 e. The lowest BCUT2D eigenvalue weighted by molar-refractivity contribution is 0.623. The van der Waals surface area contributed by atoms with Gasteiger partial charge in [-0.2, -0.15) is 0 Å². The standard InChI is InChI=1S/C19H23FN2.C8H11N.C8H18.C2H6/c1-7-10-18(21-13(2)3)15(6)19(22-14(4)5)16-11-8-9-12-17(16)20;1-7(9)8-5-3-2-4-6-8;1-3-5-7-8-6-4-2;1-2/h7-12H,2H2,1,3-6H3;2-7H,9H2,1H3;3-8H2,1-2H3;1-2H3/b10-7-,19-15+,21-18?;;;. The molecule has 0 saturated carbocycles. The third kappa shape index (κ3) is 19.6. The molecule has 1 unspecified atom stereocenters. The van der Waals surface area contributed by atoms with Crippen LogP contribution < -0.4 is 5.73 Å². The first kappa shape index (κ1) is 40.0. The lowest BCUT2D eigenvalue weighted by Gasteiger charge is -2.11. The molecule has 4 heteroatoms. The zero-order chi connectivity index (χ0) is 31.6. The van der Waals surface area contributed by atoms with Crippen molar-refractivity contribution in [2.24, 2.45) is 15.7 Å². The van der Waals surface area contributed by atoms with Crippen LogP contribution in [0.2, 0.25) is 0 Å². The molecule has 0 bridgehead atoms. The summed E-state index contributed by atoms with van der Waals surface area (Å²) in [7, 11) is 0. The Hall–Kier alpha value is -3.11. The van der Waals surface area contributed by atoms with Crippen molar-refractivity contribution in [3.8, 4) is 0 Å². The Morgan fingerprint density at radius 1 is 0.854 bits per heavy atom. The molecule has 0 aliphatic carbocycles. The van der Waals surface area contributed by atoms with Crippen molar-refractivity contribution in [3.63, 3.8) is 0 Å². The number of benzene rings is 2. The van der Waals surface area contributed by atoms with Gasteiger partial charge in [0.15, 0.2) is 0 Å². The van der Waals surface area contributed by atoms with Crippen molar-refractivity contribution in [3.05, 3.63) is 102 Å². The Bertz CT molecular complexity index is 1070. The predicted octanol–water partition coefficient (Wildman–Crippen LogP) is 11.7. The first-order valence-corrected chi connectivity index (χ1v) is 15.2. The van der Waals surface area contributed by atoms with Crippen LogP contribution in [0.25, 0.3) is 5.70 Å².